The molecule has 0 aliphatic heterocycles. The molecule has 0 N–H and O–H groups in total. The van der Waals surface area contributed by atoms with Crippen molar-refractivity contribution in [2.24, 2.45) is 0 Å². The lowest BCUT2D eigenvalue weighted by Crippen LogP contribution is -2.29. The van der Waals surface area contributed by atoms with Gasteiger partial charge < -0.3 is 4.90 Å². The van der Waals surface area contributed by atoms with Gasteiger partial charge in [-0.05, 0) is 12.8 Å². The topological polar surface area (TPSA) is 16.1 Å². The third-order valence-electron chi connectivity index (χ3n) is 2.37. The first kappa shape index (κ1) is 10.8. The molecule has 15 heavy (non-hydrogen) atoms. The van der Waals surface area contributed by atoms with E-state index < -0.39 is 11.6 Å². The van der Waals surface area contributed by atoms with Crippen molar-refractivity contribution in [3.63, 3.8) is 0 Å². The molecule has 1 fully saturated rings. The minimum atomic E-state index is -0.633. The van der Waals surface area contributed by atoms with Crippen molar-refractivity contribution in [1.82, 2.24) is 4.98 Å². The molecule has 0 atom stereocenters. The number of aromatic nitrogens is 1. The van der Waals surface area contributed by atoms with Crippen LogP contribution in [-0.2, 0) is 0 Å². The summed E-state index contributed by atoms with van der Waals surface area (Å²) >= 11 is 3.32. The minimum absolute atomic E-state index is 0.262. The van der Waals surface area contributed by atoms with E-state index in [1.54, 1.807) is 0 Å². The van der Waals surface area contributed by atoms with Crippen molar-refractivity contribution in [2.45, 2.75) is 18.9 Å². The summed E-state index contributed by atoms with van der Waals surface area (Å²) in [5, 5.41) is 0.752. The first-order chi connectivity index (χ1) is 7.22. The highest BCUT2D eigenvalue weighted by Gasteiger charge is 2.31. The highest BCUT2D eigenvalue weighted by atomic mass is 79.9. The average molecular weight is 277 g/mol. The third kappa shape index (κ3) is 2.45. The summed E-state index contributed by atoms with van der Waals surface area (Å²) in [6, 6.07) is 1.25. The van der Waals surface area contributed by atoms with Crippen LogP contribution in [0.4, 0.5) is 14.6 Å². The van der Waals surface area contributed by atoms with Gasteiger partial charge in [0.2, 0.25) is 0 Å². The monoisotopic (exact) mass is 276 g/mol. The van der Waals surface area contributed by atoms with Gasteiger partial charge in [-0.1, -0.05) is 15.9 Å². The highest BCUT2D eigenvalue weighted by molar-refractivity contribution is 9.09. The van der Waals surface area contributed by atoms with Gasteiger partial charge in [0.25, 0.3) is 0 Å². The molecule has 5 heteroatoms. The molecule has 0 amide bonds. The molecule has 1 saturated carbocycles. The number of anilines is 1. The molecule has 1 aliphatic rings. The van der Waals surface area contributed by atoms with Gasteiger partial charge in [0, 0.05) is 24.0 Å². The van der Waals surface area contributed by atoms with E-state index in [1.807, 2.05) is 4.90 Å². The molecule has 1 aromatic heterocycles. The van der Waals surface area contributed by atoms with Gasteiger partial charge in [-0.25, -0.2) is 13.8 Å². The smallest absolute Gasteiger partial charge is 0.168 e. The predicted octanol–water partition coefficient (Wildman–Crippen LogP) is 2.72. The van der Waals surface area contributed by atoms with Crippen LogP contribution in [0.15, 0.2) is 12.3 Å². The summed E-state index contributed by atoms with van der Waals surface area (Å²) in [5.74, 6) is -0.952. The lowest BCUT2D eigenvalue weighted by molar-refractivity contribution is 0.567. The number of rotatable bonds is 4. The van der Waals surface area contributed by atoms with Gasteiger partial charge in [0.1, 0.15) is 5.82 Å². The van der Waals surface area contributed by atoms with Crippen LogP contribution in [0, 0.1) is 11.6 Å². The SMILES string of the molecule is Fc1cnc(N(CCBr)C2CC2)c(F)c1. The number of hydrogen-bond acceptors (Lipinski definition) is 2. The molecule has 82 valence electrons. The zero-order chi connectivity index (χ0) is 10.8. The summed E-state index contributed by atoms with van der Waals surface area (Å²) in [6.45, 7) is 0.695. The molecule has 1 heterocycles. The molecular weight excluding hydrogens is 266 g/mol. The summed E-state index contributed by atoms with van der Waals surface area (Å²) in [7, 11) is 0. The van der Waals surface area contributed by atoms with Crippen molar-refractivity contribution in [2.75, 3.05) is 16.8 Å². The van der Waals surface area contributed by atoms with Crippen LogP contribution in [0.5, 0.6) is 0 Å². The van der Waals surface area contributed by atoms with Crippen molar-refractivity contribution >= 4 is 21.7 Å². The first-order valence-corrected chi connectivity index (χ1v) is 5.98. The fraction of sp³-hybridized carbons (Fsp3) is 0.500. The number of nitrogens with zero attached hydrogens (tertiary/aromatic N) is 2. The molecule has 2 nitrogen and oxygen atoms in total. The fourth-order valence-electron chi connectivity index (χ4n) is 1.56. The Bertz CT molecular complexity index is 355. The Morgan fingerprint density at radius 3 is 2.73 bits per heavy atom. The molecule has 1 aromatic rings. The quantitative estimate of drug-likeness (QED) is 0.787. The molecule has 0 unspecified atom stereocenters. The second-order valence-electron chi connectivity index (χ2n) is 3.57. The van der Waals surface area contributed by atoms with Gasteiger partial charge >= 0.3 is 0 Å². The number of halogens is 3. The molecule has 0 radical (unpaired) electrons. The van der Waals surface area contributed by atoms with E-state index >= 15 is 0 Å². The summed E-state index contributed by atoms with van der Waals surface area (Å²) in [6.07, 6.45) is 3.18. The Morgan fingerprint density at radius 1 is 1.47 bits per heavy atom. The van der Waals surface area contributed by atoms with Gasteiger partial charge in [0.05, 0.1) is 6.20 Å². The maximum Gasteiger partial charge on any atom is 0.168 e. The molecule has 1 aliphatic carbocycles. The molecular formula is C10H11BrF2N2. The van der Waals surface area contributed by atoms with Gasteiger partial charge in [-0.2, -0.15) is 0 Å². The largest absolute Gasteiger partial charge is 0.350 e. The van der Waals surface area contributed by atoms with Crippen LogP contribution >= 0.6 is 15.9 Å². The van der Waals surface area contributed by atoms with Crippen LogP contribution in [0.1, 0.15) is 12.8 Å². The Labute approximate surface area is 95.4 Å². The van der Waals surface area contributed by atoms with E-state index in [2.05, 4.69) is 20.9 Å². The van der Waals surface area contributed by atoms with Crippen LogP contribution in [-0.4, -0.2) is 22.9 Å². The van der Waals surface area contributed by atoms with E-state index in [4.69, 9.17) is 0 Å². The molecule has 2 rings (SSSR count). The Morgan fingerprint density at radius 2 is 2.20 bits per heavy atom. The van der Waals surface area contributed by atoms with Crippen molar-refractivity contribution in [3.05, 3.63) is 23.9 Å². The maximum atomic E-state index is 13.5. The molecule has 0 aromatic carbocycles. The molecule has 0 spiro atoms. The Kier molecular flexibility index (Phi) is 3.19. The van der Waals surface area contributed by atoms with Crippen LogP contribution < -0.4 is 4.90 Å². The number of alkyl halides is 1. The van der Waals surface area contributed by atoms with Gasteiger partial charge in [-0.15, -0.1) is 0 Å². The van der Waals surface area contributed by atoms with E-state index in [1.165, 1.54) is 0 Å². The van der Waals surface area contributed by atoms with E-state index in [0.29, 0.717) is 12.6 Å². The second-order valence-corrected chi connectivity index (χ2v) is 4.37. The second kappa shape index (κ2) is 4.43. The first-order valence-electron chi connectivity index (χ1n) is 4.86. The van der Waals surface area contributed by atoms with Crippen LogP contribution in [0.3, 0.4) is 0 Å². The lowest BCUT2D eigenvalue weighted by Gasteiger charge is -2.22. The normalized spacial score (nSPS) is 15.4. The Hall–Kier alpha value is -0.710. The van der Waals surface area contributed by atoms with Gasteiger partial charge in [-0.3, -0.25) is 0 Å². The fourth-order valence-corrected chi connectivity index (χ4v) is 1.94. The van der Waals surface area contributed by atoms with Crippen molar-refractivity contribution in [3.8, 4) is 0 Å². The number of hydrogen-bond donors (Lipinski definition) is 0. The zero-order valence-corrected chi connectivity index (χ0v) is 9.67. The maximum absolute atomic E-state index is 13.5. The summed E-state index contributed by atoms with van der Waals surface area (Å²) in [4.78, 5) is 5.71. The lowest BCUT2D eigenvalue weighted by atomic mass is 10.3. The molecule has 0 saturated heterocycles. The van der Waals surface area contributed by atoms with Crippen molar-refractivity contribution < 1.29 is 8.78 Å². The van der Waals surface area contributed by atoms with Crippen molar-refractivity contribution in [1.29, 1.82) is 0 Å². The summed E-state index contributed by atoms with van der Waals surface area (Å²) in [5.41, 5.74) is 0. The average Bonchev–Trinajstić information content (AvgIpc) is 2.98. The standard InChI is InChI=1S/C10H11BrF2N2/c11-3-4-15(8-1-2-8)10-9(13)5-7(12)6-14-10/h5-6,8H,1-4H2. The van der Waals surface area contributed by atoms with Crippen LogP contribution in [0.2, 0.25) is 0 Å². The van der Waals surface area contributed by atoms with Gasteiger partial charge in [0.15, 0.2) is 11.6 Å². The molecule has 0 bridgehead atoms. The Balaban J connectivity index is 2.24. The van der Waals surface area contributed by atoms with E-state index in [9.17, 15) is 8.78 Å². The predicted molar refractivity (Wildman–Crippen MR) is 58.3 cm³/mol. The van der Waals surface area contributed by atoms with E-state index in [-0.39, 0.29) is 5.82 Å². The zero-order valence-electron chi connectivity index (χ0n) is 8.09. The van der Waals surface area contributed by atoms with E-state index in [0.717, 1.165) is 30.4 Å². The highest BCUT2D eigenvalue weighted by Crippen LogP contribution is 2.31. The summed E-state index contributed by atoms with van der Waals surface area (Å²) < 4.78 is 26.1. The third-order valence-corrected chi connectivity index (χ3v) is 2.73. The number of pyridine rings is 1. The minimum Gasteiger partial charge on any atom is -0.350 e. The van der Waals surface area contributed by atoms with Crippen LogP contribution in [0.25, 0.3) is 0 Å².